The van der Waals surface area contributed by atoms with Crippen LogP contribution in [-0.4, -0.2) is 76.4 Å². The van der Waals surface area contributed by atoms with Gasteiger partial charge in [-0.25, -0.2) is 5.01 Å². The number of rotatable bonds is 8. The molecule has 0 radical (unpaired) electrons. The van der Waals surface area contributed by atoms with E-state index in [2.05, 4.69) is 33.0 Å². The van der Waals surface area contributed by atoms with Gasteiger partial charge in [-0.15, -0.1) is 0 Å². The van der Waals surface area contributed by atoms with E-state index in [9.17, 15) is 0 Å². The van der Waals surface area contributed by atoms with Gasteiger partial charge in [0.25, 0.3) is 0 Å². The summed E-state index contributed by atoms with van der Waals surface area (Å²) in [5, 5.41) is 8.68. The number of piperazine rings is 1. The molecule has 1 fully saturated rings. The van der Waals surface area contributed by atoms with Crippen LogP contribution in [0.15, 0.2) is 0 Å². The lowest BCUT2D eigenvalue weighted by Gasteiger charge is -2.27. The second-order valence-corrected chi connectivity index (χ2v) is 4.38. The van der Waals surface area contributed by atoms with E-state index in [0.717, 1.165) is 32.7 Å². The van der Waals surface area contributed by atoms with Gasteiger partial charge in [-0.3, -0.25) is 5.43 Å². The molecule has 5 heteroatoms. The predicted octanol–water partition coefficient (Wildman–Crippen LogP) is -1.06. The summed E-state index contributed by atoms with van der Waals surface area (Å²) in [7, 11) is 4.08. The van der Waals surface area contributed by atoms with Crippen molar-refractivity contribution in [2.75, 3.05) is 66.5 Å². The smallest absolute Gasteiger partial charge is 0.0253 e. The zero-order valence-electron chi connectivity index (χ0n) is 10.8. The molecule has 1 aliphatic heterocycles. The van der Waals surface area contributed by atoms with Gasteiger partial charge in [0.15, 0.2) is 0 Å². The molecule has 1 aliphatic rings. The highest BCUT2D eigenvalue weighted by Gasteiger charge is 2.08. The number of hydrazine groups is 1. The summed E-state index contributed by atoms with van der Waals surface area (Å²) in [5.74, 6) is 0. The molecule has 1 saturated heterocycles. The van der Waals surface area contributed by atoms with Crippen molar-refractivity contribution in [1.29, 1.82) is 0 Å². The third-order valence-corrected chi connectivity index (χ3v) is 2.94. The van der Waals surface area contributed by atoms with Crippen LogP contribution in [0.4, 0.5) is 0 Å². The van der Waals surface area contributed by atoms with Crippen LogP contribution in [0.1, 0.15) is 6.42 Å². The average molecular weight is 229 g/mol. The van der Waals surface area contributed by atoms with E-state index in [1.165, 1.54) is 26.1 Å². The van der Waals surface area contributed by atoms with Crippen molar-refractivity contribution in [1.82, 2.24) is 26.0 Å². The lowest BCUT2D eigenvalue weighted by Crippen LogP contribution is -2.45. The van der Waals surface area contributed by atoms with Crippen LogP contribution in [0.5, 0.6) is 0 Å². The number of likely N-dealkylation sites (N-methyl/N-ethyl adjacent to an activating group) is 2. The third-order valence-electron chi connectivity index (χ3n) is 2.94. The maximum Gasteiger partial charge on any atom is 0.0253 e. The fourth-order valence-electron chi connectivity index (χ4n) is 1.87. The number of nitrogens with one attached hydrogen (secondary N) is 3. The fraction of sp³-hybridized carbons (Fsp3) is 1.00. The molecule has 0 aromatic heterocycles. The van der Waals surface area contributed by atoms with E-state index in [1.807, 2.05) is 7.05 Å². The van der Waals surface area contributed by atoms with Crippen LogP contribution in [0.2, 0.25) is 0 Å². The lowest BCUT2D eigenvalue weighted by molar-refractivity contribution is 0.208. The second kappa shape index (κ2) is 8.90. The quantitative estimate of drug-likeness (QED) is 0.366. The molecule has 5 nitrogen and oxygen atoms in total. The van der Waals surface area contributed by atoms with Crippen LogP contribution in [0.25, 0.3) is 0 Å². The zero-order chi connectivity index (χ0) is 11.6. The van der Waals surface area contributed by atoms with E-state index in [0.29, 0.717) is 0 Å². The molecule has 16 heavy (non-hydrogen) atoms. The molecule has 3 N–H and O–H groups in total. The SMILES string of the molecule is CNCCN(C)NCCCN1CCNCC1. The van der Waals surface area contributed by atoms with E-state index in [1.54, 1.807) is 0 Å². The van der Waals surface area contributed by atoms with Crippen molar-refractivity contribution in [3.05, 3.63) is 0 Å². The van der Waals surface area contributed by atoms with Gasteiger partial charge in [0.1, 0.15) is 0 Å². The Morgan fingerprint density at radius 2 is 2.00 bits per heavy atom. The van der Waals surface area contributed by atoms with Gasteiger partial charge in [0.05, 0.1) is 0 Å². The normalized spacial score (nSPS) is 18.2. The first-order valence-corrected chi connectivity index (χ1v) is 6.35. The first kappa shape index (κ1) is 13.9. The van der Waals surface area contributed by atoms with Gasteiger partial charge in [-0.05, 0) is 20.0 Å². The Morgan fingerprint density at radius 3 is 2.69 bits per heavy atom. The summed E-state index contributed by atoms with van der Waals surface area (Å²) in [6.45, 7) is 9.07. The van der Waals surface area contributed by atoms with Crippen LogP contribution >= 0.6 is 0 Å². The fourth-order valence-corrected chi connectivity index (χ4v) is 1.87. The monoisotopic (exact) mass is 229 g/mol. The highest BCUT2D eigenvalue weighted by atomic mass is 15.5. The highest BCUT2D eigenvalue weighted by Crippen LogP contribution is 1.93. The van der Waals surface area contributed by atoms with E-state index >= 15 is 0 Å². The summed E-state index contributed by atoms with van der Waals surface area (Å²) < 4.78 is 0. The molecule has 1 heterocycles. The Morgan fingerprint density at radius 1 is 1.25 bits per heavy atom. The standard InChI is InChI=1S/C11H27N5/c1-12-5-9-15(2)14-4-3-8-16-10-6-13-7-11-16/h12-14H,3-11H2,1-2H3. The Hall–Kier alpha value is -0.200. The molecular formula is C11H27N5. The van der Waals surface area contributed by atoms with E-state index in [4.69, 9.17) is 0 Å². The molecule has 0 saturated carbocycles. The summed E-state index contributed by atoms with van der Waals surface area (Å²) >= 11 is 0. The van der Waals surface area contributed by atoms with Crippen molar-refractivity contribution < 1.29 is 0 Å². The van der Waals surface area contributed by atoms with Crippen LogP contribution in [0.3, 0.4) is 0 Å². The largest absolute Gasteiger partial charge is 0.318 e. The lowest BCUT2D eigenvalue weighted by atomic mass is 10.3. The molecule has 0 aromatic rings. The zero-order valence-corrected chi connectivity index (χ0v) is 10.8. The number of hydrogen-bond donors (Lipinski definition) is 3. The van der Waals surface area contributed by atoms with Crippen molar-refractivity contribution in [3.63, 3.8) is 0 Å². The summed E-state index contributed by atoms with van der Waals surface area (Å²) in [4.78, 5) is 2.53. The van der Waals surface area contributed by atoms with Crippen molar-refractivity contribution in [3.8, 4) is 0 Å². The highest BCUT2D eigenvalue weighted by molar-refractivity contribution is 4.67. The Balaban J connectivity index is 1.90. The van der Waals surface area contributed by atoms with Gasteiger partial charge in [0, 0.05) is 52.9 Å². The summed E-state index contributed by atoms with van der Waals surface area (Å²) in [6.07, 6.45) is 1.23. The number of hydrogen-bond acceptors (Lipinski definition) is 5. The van der Waals surface area contributed by atoms with Crippen molar-refractivity contribution in [2.24, 2.45) is 0 Å². The van der Waals surface area contributed by atoms with Crippen LogP contribution in [0, 0.1) is 0 Å². The van der Waals surface area contributed by atoms with Gasteiger partial charge < -0.3 is 15.5 Å². The average Bonchev–Trinajstić information content (AvgIpc) is 2.33. The molecule has 0 aliphatic carbocycles. The molecule has 0 aromatic carbocycles. The maximum absolute atomic E-state index is 3.41. The first-order valence-electron chi connectivity index (χ1n) is 6.35. The van der Waals surface area contributed by atoms with Crippen LogP contribution in [-0.2, 0) is 0 Å². The molecule has 0 amide bonds. The first-order chi connectivity index (χ1) is 7.83. The van der Waals surface area contributed by atoms with Crippen LogP contribution < -0.4 is 16.1 Å². The molecule has 0 atom stereocenters. The predicted molar refractivity (Wildman–Crippen MR) is 68.5 cm³/mol. The molecule has 1 rings (SSSR count). The minimum absolute atomic E-state index is 1.03. The third kappa shape index (κ3) is 6.40. The molecule has 0 bridgehead atoms. The van der Waals surface area contributed by atoms with Gasteiger partial charge in [-0.1, -0.05) is 0 Å². The summed E-state index contributed by atoms with van der Waals surface area (Å²) in [5.41, 5.74) is 3.41. The van der Waals surface area contributed by atoms with E-state index < -0.39 is 0 Å². The minimum Gasteiger partial charge on any atom is -0.318 e. The van der Waals surface area contributed by atoms with E-state index in [-0.39, 0.29) is 0 Å². The molecular weight excluding hydrogens is 202 g/mol. The summed E-state index contributed by atoms with van der Waals surface area (Å²) in [6, 6.07) is 0. The van der Waals surface area contributed by atoms with Crippen molar-refractivity contribution >= 4 is 0 Å². The maximum atomic E-state index is 3.41. The molecule has 96 valence electrons. The van der Waals surface area contributed by atoms with Gasteiger partial charge >= 0.3 is 0 Å². The Labute approximate surface area is 99.5 Å². The topological polar surface area (TPSA) is 42.6 Å². The second-order valence-electron chi connectivity index (χ2n) is 4.38. The van der Waals surface area contributed by atoms with Crippen molar-refractivity contribution in [2.45, 2.75) is 6.42 Å². The molecule has 0 spiro atoms. The number of nitrogens with zero attached hydrogens (tertiary/aromatic N) is 2. The molecule has 0 unspecified atom stereocenters. The Bertz CT molecular complexity index is 158. The Kier molecular flexibility index (Phi) is 7.71. The minimum atomic E-state index is 1.03. The van der Waals surface area contributed by atoms with Gasteiger partial charge in [0.2, 0.25) is 0 Å². The van der Waals surface area contributed by atoms with Gasteiger partial charge in [-0.2, -0.15) is 0 Å².